The van der Waals surface area contributed by atoms with Gasteiger partial charge in [0.25, 0.3) is 5.56 Å². The number of thiophene rings is 1. The fraction of sp³-hybridized carbons (Fsp3) is 0.174. The summed E-state index contributed by atoms with van der Waals surface area (Å²) in [5, 5.41) is 11.4. The minimum Gasteiger partial charge on any atom is -0.271 e. The Labute approximate surface area is 186 Å². The summed E-state index contributed by atoms with van der Waals surface area (Å²) in [5.74, 6) is 0.902. The Morgan fingerprint density at radius 1 is 0.968 bits per heavy atom. The van der Waals surface area contributed by atoms with Crippen LogP contribution in [0.15, 0.2) is 69.9 Å². The van der Waals surface area contributed by atoms with Crippen molar-refractivity contribution in [1.29, 1.82) is 0 Å². The maximum atomic E-state index is 13.2. The Morgan fingerprint density at radius 2 is 1.68 bits per heavy atom. The number of fused-ring (bicyclic) bond motifs is 3. The number of aryl methyl sites for hydroxylation is 1. The lowest BCUT2D eigenvalue weighted by Gasteiger charge is -2.10. The molecule has 5 rings (SSSR count). The summed E-state index contributed by atoms with van der Waals surface area (Å²) < 4.78 is 17.5. The number of thioether (sulfide) groups is 1. The Morgan fingerprint density at radius 3 is 2.42 bits per heavy atom. The van der Waals surface area contributed by atoms with Crippen molar-refractivity contribution < 1.29 is 4.39 Å². The zero-order valence-corrected chi connectivity index (χ0v) is 18.4. The van der Waals surface area contributed by atoms with Crippen LogP contribution < -0.4 is 5.56 Å². The van der Waals surface area contributed by atoms with Crippen LogP contribution in [0.4, 0.5) is 4.39 Å². The van der Waals surface area contributed by atoms with Gasteiger partial charge in [-0.3, -0.25) is 13.8 Å². The SMILES string of the molecule is CCc1ccc(Cn2c(=O)c3sccc3n3c(SCc4ccc(F)cc4)nnc23)cc1. The molecule has 5 nitrogen and oxygen atoms in total. The van der Waals surface area contributed by atoms with Crippen molar-refractivity contribution in [2.75, 3.05) is 0 Å². The molecule has 0 saturated heterocycles. The summed E-state index contributed by atoms with van der Waals surface area (Å²) in [6.07, 6.45) is 0.977. The van der Waals surface area contributed by atoms with Crippen LogP contribution in [0, 0.1) is 5.82 Å². The number of rotatable bonds is 6. The molecular formula is C23H19FN4OS2. The number of hydrogen-bond donors (Lipinski definition) is 0. The van der Waals surface area contributed by atoms with Gasteiger partial charge in [0.05, 0.1) is 12.1 Å². The normalized spacial score (nSPS) is 11.5. The van der Waals surface area contributed by atoms with Crippen LogP contribution in [-0.4, -0.2) is 19.2 Å². The van der Waals surface area contributed by atoms with Crippen LogP contribution in [0.1, 0.15) is 23.6 Å². The number of hydrogen-bond acceptors (Lipinski definition) is 5. The Kier molecular flexibility index (Phi) is 5.33. The van der Waals surface area contributed by atoms with E-state index in [2.05, 4.69) is 41.4 Å². The van der Waals surface area contributed by atoms with Crippen molar-refractivity contribution in [2.24, 2.45) is 0 Å². The maximum Gasteiger partial charge on any atom is 0.273 e. The fourth-order valence-electron chi connectivity index (χ4n) is 3.53. The highest BCUT2D eigenvalue weighted by molar-refractivity contribution is 7.98. The lowest BCUT2D eigenvalue weighted by molar-refractivity contribution is 0.627. The molecule has 0 atom stereocenters. The smallest absolute Gasteiger partial charge is 0.271 e. The van der Waals surface area contributed by atoms with E-state index >= 15 is 0 Å². The molecule has 0 aliphatic heterocycles. The molecule has 0 spiro atoms. The number of benzene rings is 2. The highest BCUT2D eigenvalue weighted by atomic mass is 32.2. The van der Waals surface area contributed by atoms with Gasteiger partial charge in [-0.1, -0.05) is 55.1 Å². The summed E-state index contributed by atoms with van der Waals surface area (Å²) in [5.41, 5.74) is 4.06. The molecule has 156 valence electrons. The molecule has 0 aliphatic carbocycles. The Balaban J connectivity index is 1.56. The molecule has 0 amide bonds. The van der Waals surface area contributed by atoms with Gasteiger partial charge in [-0.15, -0.1) is 21.5 Å². The van der Waals surface area contributed by atoms with Crippen molar-refractivity contribution in [2.45, 2.75) is 30.8 Å². The first-order chi connectivity index (χ1) is 15.1. The fourth-order valence-corrected chi connectivity index (χ4v) is 5.25. The molecule has 2 aromatic carbocycles. The molecule has 3 heterocycles. The van der Waals surface area contributed by atoms with Crippen molar-refractivity contribution in [1.82, 2.24) is 19.2 Å². The largest absolute Gasteiger partial charge is 0.273 e. The molecule has 0 unspecified atom stereocenters. The molecule has 0 bridgehead atoms. The van der Waals surface area contributed by atoms with Gasteiger partial charge in [-0.25, -0.2) is 4.39 Å². The first-order valence-electron chi connectivity index (χ1n) is 9.94. The van der Waals surface area contributed by atoms with Crippen molar-refractivity contribution in [3.05, 3.63) is 92.8 Å². The van der Waals surface area contributed by atoms with E-state index < -0.39 is 0 Å². The summed E-state index contributed by atoms with van der Waals surface area (Å²) in [4.78, 5) is 13.2. The minimum atomic E-state index is -0.252. The second kappa shape index (κ2) is 8.28. The van der Waals surface area contributed by atoms with Gasteiger partial charge in [-0.2, -0.15) is 0 Å². The van der Waals surface area contributed by atoms with E-state index in [-0.39, 0.29) is 11.4 Å². The Bertz CT molecular complexity index is 1420. The molecule has 0 aliphatic rings. The summed E-state index contributed by atoms with van der Waals surface area (Å²) >= 11 is 2.94. The molecule has 31 heavy (non-hydrogen) atoms. The first kappa shape index (κ1) is 20.0. The zero-order valence-electron chi connectivity index (χ0n) is 16.8. The summed E-state index contributed by atoms with van der Waals surface area (Å²) in [7, 11) is 0. The number of nitrogens with zero attached hydrogens (tertiary/aromatic N) is 4. The molecule has 0 fully saturated rings. The van der Waals surface area contributed by atoms with E-state index in [9.17, 15) is 9.18 Å². The van der Waals surface area contributed by atoms with E-state index in [1.807, 2.05) is 15.8 Å². The third kappa shape index (κ3) is 3.77. The molecule has 0 radical (unpaired) electrons. The topological polar surface area (TPSA) is 52.2 Å². The van der Waals surface area contributed by atoms with Crippen LogP contribution in [-0.2, 0) is 18.7 Å². The molecule has 8 heteroatoms. The van der Waals surface area contributed by atoms with Gasteiger partial charge in [0.1, 0.15) is 10.5 Å². The molecule has 0 N–H and O–H groups in total. The first-order valence-corrected chi connectivity index (χ1v) is 11.8. The van der Waals surface area contributed by atoms with Crippen LogP contribution in [0.25, 0.3) is 16.0 Å². The van der Waals surface area contributed by atoms with E-state index in [4.69, 9.17) is 0 Å². The number of halogens is 1. The van der Waals surface area contributed by atoms with E-state index in [1.54, 1.807) is 16.7 Å². The van der Waals surface area contributed by atoms with Gasteiger partial charge >= 0.3 is 0 Å². The highest BCUT2D eigenvalue weighted by Gasteiger charge is 2.18. The third-order valence-corrected chi connectivity index (χ3v) is 7.13. The van der Waals surface area contributed by atoms with Crippen LogP contribution in [0.5, 0.6) is 0 Å². The second-order valence-electron chi connectivity index (χ2n) is 7.23. The third-order valence-electron chi connectivity index (χ3n) is 5.24. The van der Waals surface area contributed by atoms with Crippen molar-refractivity contribution in [3.63, 3.8) is 0 Å². The monoisotopic (exact) mass is 450 g/mol. The van der Waals surface area contributed by atoms with Crippen LogP contribution in [0.3, 0.4) is 0 Å². The molecule has 3 aromatic heterocycles. The maximum absolute atomic E-state index is 13.2. The molecular weight excluding hydrogens is 431 g/mol. The summed E-state index contributed by atoms with van der Waals surface area (Å²) in [6, 6.07) is 16.7. The van der Waals surface area contributed by atoms with Gasteiger partial charge in [0, 0.05) is 5.75 Å². The van der Waals surface area contributed by atoms with Gasteiger partial charge < -0.3 is 0 Å². The van der Waals surface area contributed by atoms with E-state index in [0.717, 1.165) is 23.1 Å². The minimum absolute atomic E-state index is 0.0560. The number of aromatic nitrogens is 4. The lowest BCUT2D eigenvalue weighted by atomic mass is 10.1. The predicted molar refractivity (Wildman–Crippen MR) is 124 cm³/mol. The zero-order chi connectivity index (χ0) is 21.4. The summed E-state index contributed by atoms with van der Waals surface area (Å²) in [6.45, 7) is 2.55. The lowest BCUT2D eigenvalue weighted by Crippen LogP contribution is -2.23. The van der Waals surface area contributed by atoms with Gasteiger partial charge in [-0.05, 0) is 46.7 Å². The van der Waals surface area contributed by atoms with Crippen LogP contribution in [0.2, 0.25) is 0 Å². The standard InChI is InChI=1S/C23H19FN4OS2/c1-2-15-3-5-16(6-4-15)13-27-21(29)20-19(11-12-30-20)28-22(27)25-26-23(28)31-14-17-7-9-18(24)10-8-17/h3-12H,2,13-14H2,1H3. The van der Waals surface area contributed by atoms with E-state index in [1.165, 1.54) is 40.8 Å². The quantitative estimate of drug-likeness (QED) is 0.336. The van der Waals surface area contributed by atoms with Crippen LogP contribution >= 0.6 is 23.1 Å². The van der Waals surface area contributed by atoms with Crippen molar-refractivity contribution >= 4 is 39.1 Å². The average Bonchev–Trinajstić information content (AvgIpc) is 3.44. The van der Waals surface area contributed by atoms with Gasteiger partial charge in [0.15, 0.2) is 5.16 Å². The van der Waals surface area contributed by atoms with E-state index in [0.29, 0.717) is 27.9 Å². The predicted octanol–water partition coefficient (Wildman–Crippen LogP) is 5.15. The second-order valence-corrected chi connectivity index (χ2v) is 9.09. The molecule has 5 aromatic rings. The Hall–Kier alpha value is -2.97. The molecule has 0 saturated carbocycles. The average molecular weight is 451 g/mol. The van der Waals surface area contributed by atoms with Gasteiger partial charge in [0.2, 0.25) is 5.78 Å². The van der Waals surface area contributed by atoms with Crippen molar-refractivity contribution in [3.8, 4) is 0 Å². The highest BCUT2D eigenvalue weighted by Crippen LogP contribution is 2.27.